The van der Waals surface area contributed by atoms with Crippen molar-refractivity contribution in [3.8, 4) is 0 Å². The number of amides is 1. The largest absolute Gasteiger partial charge is 0.416 e. The van der Waals surface area contributed by atoms with Gasteiger partial charge in [0.1, 0.15) is 0 Å². The molecule has 1 fully saturated rings. The topological polar surface area (TPSA) is 55.1 Å². The SMILES string of the molecule is C[C@H](N)C(=O)NCC1(c2cccc(C(F)(F)F)c2)CC1. The highest BCUT2D eigenvalue weighted by Crippen LogP contribution is 2.48. The molecule has 1 aliphatic rings. The number of carbonyl (C=O) groups is 1. The molecule has 1 aromatic rings. The van der Waals surface area contributed by atoms with Gasteiger partial charge in [-0.05, 0) is 31.4 Å². The molecule has 20 heavy (non-hydrogen) atoms. The monoisotopic (exact) mass is 286 g/mol. The van der Waals surface area contributed by atoms with Gasteiger partial charge in [-0.1, -0.05) is 18.2 Å². The lowest BCUT2D eigenvalue weighted by molar-refractivity contribution is -0.137. The Hall–Kier alpha value is -1.56. The van der Waals surface area contributed by atoms with Crippen molar-refractivity contribution < 1.29 is 18.0 Å². The number of nitrogens with one attached hydrogen (secondary N) is 1. The number of hydrogen-bond donors (Lipinski definition) is 2. The van der Waals surface area contributed by atoms with Crippen molar-refractivity contribution in [3.63, 3.8) is 0 Å². The minimum atomic E-state index is -4.35. The molecule has 0 radical (unpaired) electrons. The second-order valence-electron chi connectivity index (χ2n) is 5.37. The first-order valence-corrected chi connectivity index (χ1v) is 6.46. The van der Waals surface area contributed by atoms with E-state index in [0.717, 1.165) is 18.9 Å². The van der Waals surface area contributed by atoms with Crippen molar-refractivity contribution in [1.82, 2.24) is 5.32 Å². The van der Waals surface area contributed by atoms with Crippen LogP contribution in [-0.4, -0.2) is 18.5 Å². The molecule has 3 nitrogen and oxygen atoms in total. The Labute approximate surface area is 115 Å². The van der Waals surface area contributed by atoms with Crippen molar-refractivity contribution in [2.24, 2.45) is 5.73 Å². The van der Waals surface area contributed by atoms with Crippen molar-refractivity contribution in [2.75, 3.05) is 6.54 Å². The maximum atomic E-state index is 12.7. The standard InChI is InChI=1S/C14H17F3N2O/c1-9(18)12(20)19-8-13(5-6-13)10-3-2-4-11(7-10)14(15,16)17/h2-4,7,9H,5-6,8,18H2,1H3,(H,19,20)/t9-/m0/s1. The van der Waals surface area contributed by atoms with E-state index in [9.17, 15) is 18.0 Å². The zero-order valence-electron chi connectivity index (χ0n) is 11.1. The summed E-state index contributed by atoms with van der Waals surface area (Å²) in [5.41, 5.74) is 5.05. The minimum absolute atomic E-state index is 0.289. The molecule has 0 unspecified atom stereocenters. The summed E-state index contributed by atoms with van der Waals surface area (Å²) in [4.78, 5) is 11.5. The highest BCUT2D eigenvalue weighted by molar-refractivity contribution is 5.81. The Balaban J connectivity index is 2.13. The molecule has 110 valence electrons. The normalized spacial score (nSPS) is 18.4. The van der Waals surface area contributed by atoms with E-state index in [1.54, 1.807) is 13.0 Å². The van der Waals surface area contributed by atoms with Gasteiger partial charge >= 0.3 is 6.18 Å². The highest BCUT2D eigenvalue weighted by Gasteiger charge is 2.45. The van der Waals surface area contributed by atoms with Crippen LogP contribution in [0.4, 0.5) is 13.2 Å². The van der Waals surface area contributed by atoms with E-state index in [4.69, 9.17) is 5.73 Å². The molecule has 0 bridgehead atoms. The zero-order valence-corrected chi connectivity index (χ0v) is 11.1. The molecular formula is C14H17F3N2O. The molecule has 6 heteroatoms. The second-order valence-corrected chi connectivity index (χ2v) is 5.37. The molecule has 1 saturated carbocycles. The van der Waals surface area contributed by atoms with E-state index in [-0.39, 0.29) is 11.3 Å². The molecule has 3 N–H and O–H groups in total. The quantitative estimate of drug-likeness (QED) is 0.891. The number of carbonyl (C=O) groups excluding carboxylic acids is 1. The zero-order chi connectivity index (χ0) is 15.0. The van der Waals surface area contributed by atoms with Gasteiger partial charge in [0.25, 0.3) is 0 Å². The van der Waals surface area contributed by atoms with Gasteiger partial charge in [0, 0.05) is 12.0 Å². The van der Waals surface area contributed by atoms with Gasteiger partial charge in [-0.25, -0.2) is 0 Å². The lowest BCUT2D eigenvalue weighted by Gasteiger charge is -2.19. The lowest BCUT2D eigenvalue weighted by atomic mass is 9.94. The molecule has 0 aliphatic heterocycles. The third kappa shape index (κ3) is 3.12. The van der Waals surface area contributed by atoms with Gasteiger partial charge in [-0.2, -0.15) is 13.2 Å². The predicted molar refractivity (Wildman–Crippen MR) is 69.0 cm³/mol. The van der Waals surface area contributed by atoms with Crippen LogP contribution in [0.2, 0.25) is 0 Å². The Kier molecular flexibility index (Phi) is 3.77. The Bertz CT molecular complexity index is 507. The summed E-state index contributed by atoms with van der Waals surface area (Å²) in [7, 11) is 0. The smallest absolute Gasteiger partial charge is 0.354 e. The molecule has 1 atom stereocenters. The highest BCUT2D eigenvalue weighted by atomic mass is 19.4. The summed E-state index contributed by atoms with van der Waals surface area (Å²) in [6.07, 6.45) is -2.80. The average Bonchev–Trinajstić information content (AvgIpc) is 3.16. The predicted octanol–water partition coefficient (Wildman–Crippen LogP) is 2.20. The first kappa shape index (κ1) is 14.8. The van der Waals surface area contributed by atoms with Crippen molar-refractivity contribution >= 4 is 5.91 Å². The molecule has 0 aromatic heterocycles. The summed E-state index contributed by atoms with van der Waals surface area (Å²) >= 11 is 0. The van der Waals surface area contributed by atoms with Gasteiger partial charge in [0.15, 0.2) is 0 Å². The van der Waals surface area contributed by atoms with Crippen LogP contribution >= 0.6 is 0 Å². The van der Waals surface area contributed by atoms with Crippen LogP contribution in [-0.2, 0) is 16.4 Å². The number of benzene rings is 1. The summed E-state index contributed by atoms with van der Waals surface area (Å²) in [5, 5.41) is 2.70. The van der Waals surface area contributed by atoms with Crippen LogP contribution in [0.15, 0.2) is 24.3 Å². The number of halogens is 3. The van der Waals surface area contributed by atoms with Crippen molar-refractivity contribution in [3.05, 3.63) is 35.4 Å². The van der Waals surface area contributed by atoms with Crippen LogP contribution in [0, 0.1) is 0 Å². The molecule has 1 amide bonds. The Morgan fingerprint density at radius 3 is 2.60 bits per heavy atom. The van der Waals surface area contributed by atoms with Crippen LogP contribution < -0.4 is 11.1 Å². The van der Waals surface area contributed by atoms with E-state index in [2.05, 4.69) is 5.32 Å². The van der Waals surface area contributed by atoms with Crippen LogP contribution in [0.3, 0.4) is 0 Å². The fraction of sp³-hybridized carbons (Fsp3) is 0.500. The Morgan fingerprint density at radius 2 is 2.10 bits per heavy atom. The molecule has 0 saturated heterocycles. The fourth-order valence-electron chi connectivity index (χ4n) is 2.16. The van der Waals surface area contributed by atoms with E-state index in [1.807, 2.05) is 0 Å². The third-order valence-electron chi connectivity index (χ3n) is 3.67. The van der Waals surface area contributed by atoms with E-state index >= 15 is 0 Å². The molecule has 0 spiro atoms. The number of nitrogens with two attached hydrogens (primary N) is 1. The summed E-state index contributed by atoms with van der Waals surface area (Å²) in [6.45, 7) is 1.90. The Morgan fingerprint density at radius 1 is 1.45 bits per heavy atom. The van der Waals surface area contributed by atoms with Gasteiger partial charge in [0.05, 0.1) is 11.6 Å². The first-order valence-electron chi connectivity index (χ1n) is 6.46. The lowest BCUT2D eigenvalue weighted by Crippen LogP contribution is -2.41. The maximum absolute atomic E-state index is 12.7. The van der Waals surface area contributed by atoms with E-state index in [1.165, 1.54) is 12.1 Å². The minimum Gasteiger partial charge on any atom is -0.354 e. The number of rotatable bonds is 4. The van der Waals surface area contributed by atoms with E-state index < -0.39 is 17.8 Å². The van der Waals surface area contributed by atoms with Gasteiger partial charge in [-0.3, -0.25) is 4.79 Å². The van der Waals surface area contributed by atoms with E-state index in [0.29, 0.717) is 12.1 Å². The van der Waals surface area contributed by atoms with Gasteiger partial charge in [-0.15, -0.1) is 0 Å². The van der Waals surface area contributed by atoms with Gasteiger partial charge < -0.3 is 11.1 Å². The third-order valence-corrected chi connectivity index (χ3v) is 3.67. The van der Waals surface area contributed by atoms with Crippen molar-refractivity contribution in [2.45, 2.75) is 37.4 Å². The van der Waals surface area contributed by atoms with Crippen LogP contribution in [0.1, 0.15) is 30.9 Å². The molecule has 1 aromatic carbocycles. The molecular weight excluding hydrogens is 269 g/mol. The fourth-order valence-corrected chi connectivity index (χ4v) is 2.16. The average molecular weight is 286 g/mol. The van der Waals surface area contributed by atoms with Gasteiger partial charge in [0.2, 0.25) is 5.91 Å². The van der Waals surface area contributed by atoms with Crippen LogP contribution in [0.25, 0.3) is 0 Å². The number of alkyl halides is 3. The second kappa shape index (κ2) is 5.09. The summed E-state index contributed by atoms with van der Waals surface area (Å²) < 4.78 is 38.1. The first-order chi connectivity index (χ1) is 9.24. The summed E-state index contributed by atoms with van der Waals surface area (Å²) in [6, 6.07) is 4.70. The van der Waals surface area contributed by atoms with Crippen molar-refractivity contribution in [1.29, 1.82) is 0 Å². The number of hydrogen-bond acceptors (Lipinski definition) is 2. The molecule has 1 aliphatic carbocycles. The van der Waals surface area contributed by atoms with Crippen LogP contribution in [0.5, 0.6) is 0 Å². The maximum Gasteiger partial charge on any atom is 0.416 e. The molecule has 0 heterocycles. The summed E-state index contributed by atoms with van der Waals surface area (Å²) in [5.74, 6) is -0.289. The molecule has 2 rings (SSSR count).